The average Bonchev–Trinajstić information content (AvgIpc) is 3.39. The van der Waals surface area contributed by atoms with E-state index in [1.807, 2.05) is 31.2 Å². The second-order valence-corrected chi connectivity index (χ2v) is 9.16. The molecule has 0 aliphatic heterocycles. The van der Waals surface area contributed by atoms with Crippen LogP contribution in [0.5, 0.6) is 5.75 Å². The van der Waals surface area contributed by atoms with Crippen LogP contribution in [0.4, 0.5) is 25.1 Å². The summed E-state index contributed by atoms with van der Waals surface area (Å²) in [6.45, 7) is 2.10. The molecule has 0 aliphatic rings. The van der Waals surface area contributed by atoms with Crippen molar-refractivity contribution in [2.45, 2.75) is 26.1 Å². The zero-order valence-electron chi connectivity index (χ0n) is 20.6. The Labute approximate surface area is 224 Å². The molecule has 1 amide bonds. The first-order valence-electron chi connectivity index (χ1n) is 11.7. The largest absolute Gasteiger partial charge is 0.484 e. The molecule has 0 saturated carbocycles. The van der Waals surface area contributed by atoms with Gasteiger partial charge in [0.05, 0.1) is 23.3 Å². The molecule has 5 aromatic rings. The van der Waals surface area contributed by atoms with E-state index in [4.69, 9.17) is 26.4 Å². The number of halogens is 3. The third-order valence-electron chi connectivity index (χ3n) is 5.89. The maximum atomic E-state index is 13.0. The Kier molecular flexibility index (Phi) is 6.91. The van der Waals surface area contributed by atoms with Crippen LogP contribution < -0.4 is 15.4 Å². The van der Waals surface area contributed by atoms with Crippen molar-refractivity contribution in [2.75, 3.05) is 11.9 Å². The number of benzene rings is 2. The summed E-state index contributed by atoms with van der Waals surface area (Å²) in [7, 11) is 0. The van der Waals surface area contributed by atoms with Crippen LogP contribution in [0, 0.1) is 11.6 Å². The van der Waals surface area contributed by atoms with Gasteiger partial charge in [-0.2, -0.15) is 13.2 Å². The number of nitrogens with zero attached hydrogens (tertiary/aromatic N) is 3. The van der Waals surface area contributed by atoms with Gasteiger partial charge in [0.1, 0.15) is 22.3 Å². The Morgan fingerprint density at radius 3 is 2.69 bits per heavy atom. The Morgan fingerprint density at radius 2 is 1.95 bits per heavy atom. The number of anilines is 2. The number of hydrogen-bond donors (Lipinski definition) is 3. The van der Waals surface area contributed by atoms with E-state index < -0.39 is 24.7 Å². The second-order valence-electron chi connectivity index (χ2n) is 8.74. The van der Waals surface area contributed by atoms with E-state index >= 15 is 0 Å². The fourth-order valence-electron chi connectivity index (χ4n) is 4.00. The average molecular weight is 555 g/mol. The number of carbonyl (C=O) groups is 1. The highest BCUT2D eigenvalue weighted by molar-refractivity contribution is 7.71. The van der Waals surface area contributed by atoms with Crippen molar-refractivity contribution < 1.29 is 27.1 Å². The third kappa shape index (κ3) is 5.98. The smallest absolute Gasteiger partial charge is 0.422 e. The number of rotatable bonds is 7. The molecule has 0 bridgehead atoms. The lowest BCUT2D eigenvalue weighted by molar-refractivity contribution is -0.153. The lowest BCUT2D eigenvalue weighted by atomic mass is 10.0. The van der Waals surface area contributed by atoms with Crippen molar-refractivity contribution in [3.63, 3.8) is 0 Å². The fraction of sp³-hybridized carbons (Fsp3) is 0.192. The van der Waals surface area contributed by atoms with Gasteiger partial charge in [0, 0.05) is 22.4 Å². The molecule has 1 unspecified atom stereocenters. The van der Waals surface area contributed by atoms with E-state index in [9.17, 15) is 18.0 Å². The molecule has 0 spiro atoms. The van der Waals surface area contributed by atoms with Gasteiger partial charge in [-0.1, -0.05) is 24.4 Å². The summed E-state index contributed by atoms with van der Waals surface area (Å²) in [4.78, 5) is 28.6. The van der Waals surface area contributed by atoms with Crippen LogP contribution in [0.1, 0.15) is 34.6 Å². The molecular formula is C26H21F3N6O3S. The van der Waals surface area contributed by atoms with Crippen LogP contribution in [0.15, 0.2) is 59.3 Å². The number of hydrogen-bond acceptors (Lipinski definition) is 8. The number of aryl methyl sites for hydroxylation is 1. The highest BCUT2D eigenvalue weighted by Gasteiger charge is 2.28. The maximum absolute atomic E-state index is 13.0. The van der Waals surface area contributed by atoms with Gasteiger partial charge in [-0.3, -0.25) is 10.1 Å². The van der Waals surface area contributed by atoms with Gasteiger partial charge in [-0.25, -0.2) is 15.0 Å². The molecule has 3 aromatic heterocycles. The normalized spacial score (nSPS) is 12.4. The molecule has 0 saturated heterocycles. The van der Waals surface area contributed by atoms with Gasteiger partial charge < -0.3 is 19.5 Å². The van der Waals surface area contributed by atoms with Crippen molar-refractivity contribution >= 4 is 51.9 Å². The fourth-order valence-corrected chi connectivity index (χ4v) is 4.21. The molecule has 0 aliphatic carbocycles. The number of amides is 1. The quantitative estimate of drug-likeness (QED) is 0.158. The molecule has 2 aromatic carbocycles. The van der Waals surface area contributed by atoms with Crippen molar-refractivity contribution in [3.05, 3.63) is 76.4 Å². The molecular weight excluding hydrogens is 533 g/mol. The van der Waals surface area contributed by atoms with Crippen molar-refractivity contribution in [1.82, 2.24) is 25.3 Å². The van der Waals surface area contributed by atoms with Crippen LogP contribution >= 0.6 is 12.2 Å². The summed E-state index contributed by atoms with van der Waals surface area (Å²) >= 11 is 5.18. The molecule has 0 radical (unpaired) electrons. The van der Waals surface area contributed by atoms with Gasteiger partial charge in [0.2, 0.25) is 5.95 Å². The highest BCUT2D eigenvalue weighted by Crippen LogP contribution is 2.30. The SMILES string of the molecule is Cc1c(OCC(F)(F)F)ccc2cc3ccc(C(C)NC(=O)c4cc(=S)nc(Nc5ncco5)[nH]4)cc3nc12. The number of ether oxygens (including phenoxy) is 1. The maximum Gasteiger partial charge on any atom is 0.422 e. The van der Waals surface area contributed by atoms with Crippen molar-refractivity contribution in [1.29, 1.82) is 0 Å². The standard InChI is InChI=1S/C26H21F3N6O3S/c1-13-20(38-12-26(27,28)29)6-5-17-9-16-4-3-15(10-18(16)32-22(13)17)14(2)31-23(36)19-11-21(39)34-24(33-19)35-25-30-7-8-37-25/h3-11,14H,12H2,1-2H3,(H,31,36)(H2,30,33,34,35,39). The van der Waals surface area contributed by atoms with Gasteiger partial charge in [0.15, 0.2) is 6.61 Å². The molecule has 3 heterocycles. The number of aromatic amines is 1. The Bertz CT molecular complexity index is 1740. The number of pyridine rings is 1. The van der Waals surface area contributed by atoms with Gasteiger partial charge >= 0.3 is 12.2 Å². The minimum atomic E-state index is -4.44. The van der Waals surface area contributed by atoms with E-state index in [0.29, 0.717) is 16.6 Å². The number of carbonyl (C=O) groups excluding carboxylic acids is 1. The van der Waals surface area contributed by atoms with Crippen molar-refractivity contribution in [3.8, 4) is 5.75 Å². The molecule has 200 valence electrons. The molecule has 39 heavy (non-hydrogen) atoms. The topological polar surface area (TPSA) is 118 Å². The predicted octanol–water partition coefficient (Wildman–Crippen LogP) is 6.31. The summed E-state index contributed by atoms with van der Waals surface area (Å²) in [5.41, 5.74) is 2.62. The summed E-state index contributed by atoms with van der Waals surface area (Å²) in [6, 6.07) is 11.9. The summed E-state index contributed by atoms with van der Waals surface area (Å²) in [5.74, 6) is -0.103. The Balaban J connectivity index is 1.38. The van der Waals surface area contributed by atoms with Gasteiger partial charge in [-0.05, 0) is 43.7 Å². The molecule has 13 heteroatoms. The minimum absolute atomic E-state index is 0.120. The highest BCUT2D eigenvalue weighted by atomic mass is 32.1. The minimum Gasteiger partial charge on any atom is -0.484 e. The number of aromatic nitrogens is 4. The molecule has 1 atom stereocenters. The molecule has 9 nitrogen and oxygen atoms in total. The van der Waals surface area contributed by atoms with E-state index in [-0.39, 0.29) is 28.0 Å². The molecule has 0 fully saturated rings. The monoisotopic (exact) mass is 554 g/mol. The Hall–Kier alpha value is -4.52. The van der Waals surface area contributed by atoms with Crippen LogP contribution in [-0.2, 0) is 0 Å². The van der Waals surface area contributed by atoms with Gasteiger partial charge in [0.25, 0.3) is 5.91 Å². The first-order valence-corrected chi connectivity index (χ1v) is 12.1. The molecule has 3 N–H and O–H groups in total. The van der Waals surface area contributed by atoms with Crippen molar-refractivity contribution in [2.24, 2.45) is 0 Å². The number of alkyl halides is 3. The molecule has 5 rings (SSSR count). The zero-order valence-corrected chi connectivity index (χ0v) is 21.4. The summed E-state index contributed by atoms with van der Waals surface area (Å²) in [5, 5.41) is 7.33. The second kappa shape index (κ2) is 10.3. The summed E-state index contributed by atoms with van der Waals surface area (Å²) < 4.78 is 48.2. The van der Waals surface area contributed by atoms with E-state index in [1.54, 1.807) is 13.0 Å². The first kappa shape index (κ1) is 26.1. The summed E-state index contributed by atoms with van der Waals surface area (Å²) in [6.07, 6.45) is -1.60. The van der Waals surface area contributed by atoms with Crippen LogP contribution in [0.2, 0.25) is 0 Å². The lowest BCUT2D eigenvalue weighted by Gasteiger charge is -2.16. The Morgan fingerprint density at radius 1 is 1.15 bits per heavy atom. The third-order valence-corrected chi connectivity index (χ3v) is 6.10. The van der Waals surface area contributed by atoms with E-state index in [0.717, 1.165) is 16.3 Å². The van der Waals surface area contributed by atoms with Crippen LogP contribution in [0.25, 0.3) is 21.8 Å². The number of oxazole rings is 1. The number of nitrogens with one attached hydrogen (secondary N) is 3. The zero-order chi connectivity index (χ0) is 27.7. The van der Waals surface area contributed by atoms with E-state index in [2.05, 4.69) is 25.6 Å². The van der Waals surface area contributed by atoms with Gasteiger partial charge in [-0.15, -0.1) is 0 Å². The van der Waals surface area contributed by atoms with E-state index in [1.165, 1.54) is 24.6 Å². The van der Waals surface area contributed by atoms with Crippen LogP contribution in [0.3, 0.4) is 0 Å². The first-order chi connectivity index (χ1) is 18.6. The predicted molar refractivity (Wildman–Crippen MR) is 141 cm³/mol. The lowest BCUT2D eigenvalue weighted by Crippen LogP contribution is -2.27. The number of fused-ring (bicyclic) bond motifs is 2. The van der Waals surface area contributed by atoms with Crippen LogP contribution in [-0.4, -0.2) is 38.6 Å². The number of H-pyrrole nitrogens is 1.